The number of Topliss-reactive ketones (excluding diaryl/α,β-unsaturated/α-hetero) is 1. The molecule has 0 amide bonds. The Kier molecular flexibility index (Phi) is 5.11. The van der Waals surface area contributed by atoms with Gasteiger partial charge < -0.3 is 10.2 Å². The topological polar surface area (TPSA) is 32.3 Å². The molecule has 0 aliphatic carbocycles. The van der Waals surface area contributed by atoms with Crippen LogP contribution in [0, 0.1) is 13.8 Å². The predicted octanol–water partition coefficient (Wildman–Crippen LogP) is 2.17. The maximum Gasteiger partial charge on any atom is 0.162 e. The van der Waals surface area contributed by atoms with E-state index >= 15 is 0 Å². The van der Waals surface area contributed by atoms with Crippen molar-refractivity contribution in [1.82, 2.24) is 10.2 Å². The van der Waals surface area contributed by atoms with Crippen LogP contribution in [-0.4, -0.2) is 43.4 Å². The van der Waals surface area contributed by atoms with Crippen LogP contribution >= 0.6 is 0 Å². The molecule has 1 heterocycles. The van der Waals surface area contributed by atoms with Crippen LogP contribution in [0.5, 0.6) is 0 Å². The van der Waals surface area contributed by atoms with Crippen LogP contribution in [0.2, 0.25) is 0 Å². The van der Waals surface area contributed by atoms with E-state index < -0.39 is 0 Å². The molecule has 1 aliphatic heterocycles. The molecule has 0 saturated carbocycles. The van der Waals surface area contributed by atoms with Crippen LogP contribution in [0.3, 0.4) is 0 Å². The highest BCUT2D eigenvalue weighted by atomic mass is 16.1. The van der Waals surface area contributed by atoms with Gasteiger partial charge in [-0.05, 0) is 44.0 Å². The van der Waals surface area contributed by atoms with Crippen molar-refractivity contribution in [3.05, 3.63) is 34.9 Å². The van der Waals surface area contributed by atoms with Gasteiger partial charge in [0, 0.05) is 38.2 Å². The number of rotatable bonds is 5. The molecule has 0 radical (unpaired) electrons. The zero-order valence-electron chi connectivity index (χ0n) is 12.0. The lowest BCUT2D eigenvalue weighted by molar-refractivity contribution is 0.0973. The van der Waals surface area contributed by atoms with Crippen molar-refractivity contribution in [1.29, 1.82) is 0 Å². The van der Waals surface area contributed by atoms with Gasteiger partial charge in [-0.15, -0.1) is 0 Å². The van der Waals surface area contributed by atoms with Crippen molar-refractivity contribution >= 4 is 5.78 Å². The van der Waals surface area contributed by atoms with E-state index in [1.165, 1.54) is 11.1 Å². The quantitative estimate of drug-likeness (QED) is 0.824. The maximum atomic E-state index is 12.1. The van der Waals surface area contributed by atoms with Gasteiger partial charge in [0.25, 0.3) is 0 Å². The van der Waals surface area contributed by atoms with Crippen LogP contribution in [-0.2, 0) is 0 Å². The van der Waals surface area contributed by atoms with Gasteiger partial charge in [0.05, 0.1) is 0 Å². The van der Waals surface area contributed by atoms with Gasteiger partial charge in [-0.2, -0.15) is 0 Å². The van der Waals surface area contributed by atoms with Gasteiger partial charge in [-0.25, -0.2) is 0 Å². The maximum absolute atomic E-state index is 12.1. The largest absolute Gasteiger partial charge is 0.314 e. The second-order valence-corrected chi connectivity index (χ2v) is 5.42. The summed E-state index contributed by atoms with van der Waals surface area (Å²) in [5.74, 6) is 0.276. The number of carbonyl (C=O) groups excluding carboxylic acids is 1. The van der Waals surface area contributed by atoms with E-state index in [4.69, 9.17) is 0 Å². The minimum absolute atomic E-state index is 0.276. The summed E-state index contributed by atoms with van der Waals surface area (Å²) in [7, 11) is 0. The predicted molar refractivity (Wildman–Crippen MR) is 78.8 cm³/mol. The average Bonchev–Trinajstić information content (AvgIpc) is 2.43. The Morgan fingerprint density at radius 1 is 1.21 bits per heavy atom. The summed E-state index contributed by atoms with van der Waals surface area (Å²) in [5, 5.41) is 3.34. The first kappa shape index (κ1) is 14.2. The second kappa shape index (κ2) is 6.83. The fourth-order valence-corrected chi connectivity index (χ4v) is 2.46. The minimum Gasteiger partial charge on any atom is -0.314 e. The van der Waals surface area contributed by atoms with Crippen molar-refractivity contribution in [3.8, 4) is 0 Å². The molecule has 1 aromatic rings. The van der Waals surface area contributed by atoms with Crippen molar-refractivity contribution in [2.75, 3.05) is 32.7 Å². The van der Waals surface area contributed by atoms with Crippen LogP contribution < -0.4 is 5.32 Å². The standard InChI is InChI=1S/C16H24N2O/c1-13-5-6-15(12-14(13)2)16(19)4-3-9-18-10-7-17-8-11-18/h5-6,12,17H,3-4,7-11H2,1-2H3. The SMILES string of the molecule is Cc1ccc(C(=O)CCCN2CCNCC2)cc1C. The highest BCUT2D eigenvalue weighted by Gasteiger charge is 2.11. The number of aryl methyl sites for hydroxylation is 2. The van der Waals surface area contributed by atoms with E-state index in [0.717, 1.165) is 44.7 Å². The molecule has 1 aliphatic rings. The number of piperazine rings is 1. The zero-order chi connectivity index (χ0) is 13.7. The molecule has 1 N–H and O–H groups in total. The van der Waals surface area contributed by atoms with Gasteiger partial charge in [-0.3, -0.25) is 4.79 Å². The van der Waals surface area contributed by atoms with Crippen molar-refractivity contribution in [2.24, 2.45) is 0 Å². The summed E-state index contributed by atoms with van der Waals surface area (Å²) in [6.45, 7) is 9.55. The number of hydrogen-bond donors (Lipinski definition) is 1. The van der Waals surface area contributed by atoms with E-state index in [1.54, 1.807) is 0 Å². The molecule has 0 spiro atoms. The van der Waals surface area contributed by atoms with E-state index in [1.807, 2.05) is 18.2 Å². The third-order valence-electron chi connectivity index (χ3n) is 3.92. The van der Waals surface area contributed by atoms with Crippen molar-refractivity contribution in [2.45, 2.75) is 26.7 Å². The number of benzene rings is 1. The molecule has 0 atom stereocenters. The Morgan fingerprint density at radius 2 is 1.95 bits per heavy atom. The number of hydrogen-bond acceptors (Lipinski definition) is 3. The number of carbonyl (C=O) groups is 1. The van der Waals surface area contributed by atoms with Crippen LogP contribution in [0.1, 0.15) is 34.3 Å². The Bertz CT molecular complexity index is 436. The molecule has 0 bridgehead atoms. The Labute approximate surface area is 116 Å². The summed E-state index contributed by atoms with van der Waals surface area (Å²) >= 11 is 0. The van der Waals surface area contributed by atoms with Gasteiger partial charge in [0.15, 0.2) is 5.78 Å². The van der Waals surface area contributed by atoms with E-state index in [0.29, 0.717) is 6.42 Å². The molecular weight excluding hydrogens is 236 g/mol. The van der Waals surface area contributed by atoms with Gasteiger partial charge >= 0.3 is 0 Å². The van der Waals surface area contributed by atoms with Crippen LogP contribution in [0.15, 0.2) is 18.2 Å². The molecule has 2 rings (SSSR count). The molecule has 3 heteroatoms. The molecule has 19 heavy (non-hydrogen) atoms. The molecule has 1 aromatic carbocycles. The van der Waals surface area contributed by atoms with E-state index in [2.05, 4.69) is 24.1 Å². The summed E-state index contributed by atoms with van der Waals surface area (Å²) in [5.41, 5.74) is 3.31. The summed E-state index contributed by atoms with van der Waals surface area (Å²) in [6.07, 6.45) is 1.62. The zero-order valence-corrected chi connectivity index (χ0v) is 12.0. The first-order chi connectivity index (χ1) is 9.16. The lowest BCUT2D eigenvalue weighted by Crippen LogP contribution is -2.43. The molecule has 0 unspecified atom stereocenters. The van der Waals surface area contributed by atoms with Crippen LogP contribution in [0.4, 0.5) is 0 Å². The van der Waals surface area contributed by atoms with Gasteiger partial charge in [0.1, 0.15) is 0 Å². The number of ketones is 1. The minimum atomic E-state index is 0.276. The molecule has 1 fully saturated rings. The van der Waals surface area contributed by atoms with Crippen LogP contribution in [0.25, 0.3) is 0 Å². The first-order valence-corrected chi connectivity index (χ1v) is 7.20. The molecular formula is C16H24N2O. The fraction of sp³-hybridized carbons (Fsp3) is 0.562. The lowest BCUT2D eigenvalue weighted by atomic mass is 10.0. The Morgan fingerprint density at radius 3 is 2.63 bits per heavy atom. The molecule has 3 nitrogen and oxygen atoms in total. The van der Waals surface area contributed by atoms with Gasteiger partial charge in [0.2, 0.25) is 0 Å². The first-order valence-electron chi connectivity index (χ1n) is 7.20. The van der Waals surface area contributed by atoms with Crippen molar-refractivity contribution in [3.63, 3.8) is 0 Å². The second-order valence-electron chi connectivity index (χ2n) is 5.42. The lowest BCUT2D eigenvalue weighted by Gasteiger charge is -2.26. The highest BCUT2D eigenvalue weighted by Crippen LogP contribution is 2.12. The molecule has 104 valence electrons. The van der Waals surface area contributed by atoms with Crippen molar-refractivity contribution < 1.29 is 4.79 Å². The van der Waals surface area contributed by atoms with E-state index in [9.17, 15) is 4.79 Å². The third-order valence-corrected chi connectivity index (χ3v) is 3.92. The Hall–Kier alpha value is -1.19. The number of nitrogens with zero attached hydrogens (tertiary/aromatic N) is 1. The smallest absolute Gasteiger partial charge is 0.162 e. The van der Waals surface area contributed by atoms with E-state index in [-0.39, 0.29) is 5.78 Å². The third kappa shape index (κ3) is 4.15. The highest BCUT2D eigenvalue weighted by molar-refractivity contribution is 5.96. The fourth-order valence-electron chi connectivity index (χ4n) is 2.46. The van der Waals surface area contributed by atoms with Gasteiger partial charge in [-0.1, -0.05) is 12.1 Å². The molecule has 1 saturated heterocycles. The normalized spacial score (nSPS) is 16.5. The summed E-state index contributed by atoms with van der Waals surface area (Å²) in [6, 6.07) is 6.01. The summed E-state index contributed by atoms with van der Waals surface area (Å²) < 4.78 is 0. The monoisotopic (exact) mass is 260 g/mol. The molecule has 0 aromatic heterocycles. The average molecular weight is 260 g/mol. The summed E-state index contributed by atoms with van der Waals surface area (Å²) in [4.78, 5) is 14.6. The number of nitrogens with one attached hydrogen (secondary N) is 1. The Balaban J connectivity index is 1.78.